The molecule has 186 valence electrons. The number of hydrogen-bond acceptors (Lipinski definition) is 6. The molecule has 3 aromatic rings. The van der Waals surface area contributed by atoms with E-state index in [-0.39, 0.29) is 17.2 Å². The number of sulfonamides is 1. The molecule has 0 aliphatic carbocycles. The third kappa shape index (κ3) is 4.56. The molecule has 0 spiro atoms. The Balaban J connectivity index is 1.46. The number of para-hydroxylation sites is 1. The lowest BCUT2D eigenvalue weighted by Gasteiger charge is -2.37. The van der Waals surface area contributed by atoms with E-state index in [9.17, 15) is 13.2 Å². The number of anilines is 2. The van der Waals surface area contributed by atoms with Crippen molar-refractivity contribution >= 4 is 27.2 Å². The lowest BCUT2D eigenvalue weighted by molar-refractivity contribution is 0.102. The number of nitrogens with zero attached hydrogens (tertiary/aromatic N) is 3. The van der Waals surface area contributed by atoms with E-state index in [1.165, 1.54) is 17.1 Å². The molecule has 0 N–H and O–H groups in total. The Hall–Kier alpha value is -3.78. The van der Waals surface area contributed by atoms with Crippen LogP contribution in [-0.2, 0) is 10.0 Å². The first-order valence-corrected chi connectivity index (χ1v) is 13.4. The summed E-state index contributed by atoms with van der Waals surface area (Å²) in [6, 6.07) is 22.0. The summed E-state index contributed by atoms with van der Waals surface area (Å²) in [5, 5.41) is 0. The van der Waals surface area contributed by atoms with Gasteiger partial charge in [0.1, 0.15) is 5.75 Å². The number of rotatable bonds is 5. The van der Waals surface area contributed by atoms with Crippen LogP contribution in [0.1, 0.15) is 15.9 Å². The lowest BCUT2D eigenvalue weighted by Crippen LogP contribution is -2.45. The summed E-state index contributed by atoms with van der Waals surface area (Å²) in [6.45, 7) is 5.00. The van der Waals surface area contributed by atoms with Gasteiger partial charge >= 0.3 is 0 Å². The topological polar surface area (TPSA) is 70.2 Å². The predicted octanol–water partition coefficient (Wildman–Crippen LogP) is 4.10. The maximum absolute atomic E-state index is 13.7. The quantitative estimate of drug-likeness (QED) is 0.489. The fraction of sp³-hybridized carbons (Fsp3) is 0.250. The number of piperazine rings is 1. The molecular weight excluding hydrogens is 474 g/mol. The number of carbonyl (C=O) groups excluding carboxylic acids is 1. The van der Waals surface area contributed by atoms with E-state index in [1.54, 1.807) is 42.5 Å². The SMILES string of the molecule is COc1ccc2c(c1)N(S(=O)(=O)c1ccc(C)cc1)C/C(=C\N1CCN(c3ccccc3)CC1)C2=O. The molecule has 0 unspecified atom stereocenters. The fourth-order valence-corrected chi connectivity index (χ4v) is 6.09. The van der Waals surface area contributed by atoms with E-state index < -0.39 is 10.0 Å². The lowest BCUT2D eigenvalue weighted by atomic mass is 9.97. The van der Waals surface area contributed by atoms with Crippen LogP contribution in [0.5, 0.6) is 5.75 Å². The third-order valence-electron chi connectivity index (χ3n) is 6.71. The summed E-state index contributed by atoms with van der Waals surface area (Å²) < 4.78 is 34.1. The zero-order valence-corrected chi connectivity index (χ0v) is 21.2. The molecule has 5 rings (SSSR count). The van der Waals surface area contributed by atoms with Crippen molar-refractivity contribution in [2.24, 2.45) is 0 Å². The van der Waals surface area contributed by atoms with Crippen LogP contribution in [0.25, 0.3) is 0 Å². The smallest absolute Gasteiger partial charge is 0.264 e. The Bertz CT molecular complexity index is 1390. The molecule has 1 fully saturated rings. The highest BCUT2D eigenvalue weighted by Crippen LogP contribution is 2.36. The van der Waals surface area contributed by atoms with Crippen molar-refractivity contribution in [3.63, 3.8) is 0 Å². The minimum Gasteiger partial charge on any atom is -0.497 e. The number of fused-ring (bicyclic) bond motifs is 1. The van der Waals surface area contributed by atoms with Crippen LogP contribution in [0.4, 0.5) is 11.4 Å². The molecule has 0 atom stereocenters. The normalized spacial score (nSPS) is 17.3. The van der Waals surface area contributed by atoms with Gasteiger partial charge in [-0.15, -0.1) is 0 Å². The van der Waals surface area contributed by atoms with Gasteiger partial charge in [0.15, 0.2) is 5.78 Å². The van der Waals surface area contributed by atoms with E-state index in [2.05, 4.69) is 21.9 Å². The van der Waals surface area contributed by atoms with Gasteiger partial charge in [-0.2, -0.15) is 0 Å². The van der Waals surface area contributed by atoms with Crippen molar-refractivity contribution in [2.45, 2.75) is 11.8 Å². The second-order valence-corrected chi connectivity index (χ2v) is 10.9. The molecule has 1 saturated heterocycles. The first-order chi connectivity index (χ1) is 17.4. The number of ether oxygens (including phenoxy) is 1. The number of methoxy groups -OCH3 is 1. The molecule has 2 heterocycles. The third-order valence-corrected chi connectivity index (χ3v) is 8.48. The van der Waals surface area contributed by atoms with Crippen molar-refractivity contribution in [1.29, 1.82) is 0 Å². The second kappa shape index (κ2) is 9.70. The summed E-state index contributed by atoms with van der Waals surface area (Å²) >= 11 is 0. The highest BCUT2D eigenvalue weighted by molar-refractivity contribution is 7.92. The Morgan fingerprint density at radius 1 is 0.889 bits per heavy atom. The van der Waals surface area contributed by atoms with Crippen molar-refractivity contribution in [2.75, 3.05) is 49.0 Å². The number of aryl methyl sites for hydroxylation is 1. The van der Waals surface area contributed by atoms with Gasteiger partial charge in [-0.1, -0.05) is 35.9 Å². The molecule has 2 aliphatic heterocycles. The minimum atomic E-state index is -3.90. The van der Waals surface area contributed by atoms with E-state index in [4.69, 9.17) is 4.74 Å². The maximum atomic E-state index is 13.7. The molecule has 0 aromatic heterocycles. The summed E-state index contributed by atoms with van der Waals surface area (Å²) in [7, 11) is -2.38. The zero-order valence-electron chi connectivity index (χ0n) is 20.4. The van der Waals surface area contributed by atoms with Crippen molar-refractivity contribution in [1.82, 2.24) is 4.90 Å². The van der Waals surface area contributed by atoms with Gasteiger partial charge in [-0.3, -0.25) is 9.10 Å². The first-order valence-electron chi connectivity index (χ1n) is 11.9. The Morgan fingerprint density at radius 2 is 1.58 bits per heavy atom. The number of benzene rings is 3. The molecule has 2 aliphatic rings. The van der Waals surface area contributed by atoms with Crippen molar-refractivity contribution in [3.05, 3.63) is 95.7 Å². The van der Waals surface area contributed by atoms with Gasteiger partial charge in [0, 0.05) is 55.3 Å². The number of ketones is 1. The van der Waals surface area contributed by atoms with Crippen LogP contribution in [0.2, 0.25) is 0 Å². The van der Waals surface area contributed by atoms with Gasteiger partial charge < -0.3 is 14.5 Å². The average molecular weight is 504 g/mol. The van der Waals surface area contributed by atoms with Crippen LogP contribution >= 0.6 is 0 Å². The van der Waals surface area contributed by atoms with E-state index in [0.29, 0.717) is 22.6 Å². The van der Waals surface area contributed by atoms with E-state index in [0.717, 1.165) is 31.7 Å². The molecule has 8 heteroatoms. The Kier molecular flexibility index (Phi) is 6.45. The van der Waals surface area contributed by atoms with Gasteiger partial charge in [0.2, 0.25) is 0 Å². The van der Waals surface area contributed by atoms with Crippen molar-refractivity contribution in [3.8, 4) is 5.75 Å². The molecule has 0 bridgehead atoms. The Morgan fingerprint density at radius 3 is 2.25 bits per heavy atom. The standard InChI is InChI=1S/C28H29N3O4S/c1-21-8-11-25(12-9-21)36(33,34)31-20-22(28(32)26-13-10-24(35-2)18-27(26)31)19-29-14-16-30(17-15-29)23-6-4-3-5-7-23/h3-13,18-19H,14-17,20H2,1-2H3/b22-19+. The molecule has 0 saturated carbocycles. The largest absolute Gasteiger partial charge is 0.497 e. The summed E-state index contributed by atoms with van der Waals surface area (Å²) in [5.41, 5.74) is 3.30. The van der Waals surface area contributed by atoms with Crippen LogP contribution < -0.4 is 13.9 Å². The Labute approximate surface area is 212 Å². The minimum absolute atomic E-state index is 0.0336. The molecule has 7 nitrogen and oxygen atoms in total. The molecule has 0 amide bonds. The first kappa shape index (κ1) is 23.9. The summed E-state index contributed by atoms with van der Waals surface area (Å²) in [6.07, 6.45) is 1.84. The highest BCUT2D eigenvalue weighted by Gasteiger charge is 2.36. The highest BCUT2D eigenvalue weighted by atomic mass is 32.2. The van der Waals surface area contributed by atoms with Gasteiger partial charge in [-0.05, 0) is 43.3 Å². The van der Waals surface area contributed by atoms with E-state index in [1.807, 2.05) is 31.3 Å². The van der Waals surface area contributed by atoms with Crippen LogP contribution in [-0.4, -0.2) is 58.9 Å². The molecule has 36 heavy (non-hydrogen) atoms. The van der Waals surface area contributed by atoms with Crippen LogP contribution in [0.3, 0.4) is 0 Å². The van der Waals surface area contributed by atoms with Crippen LogP contribution in [0, 0.1) is 6.92 Å². The van der Waals surface area contributed by atoms with Gasteiger partial charge in [0.05, 0.1) is 24.2 Å². The average Bonchev–Trinajstić information content (AvgIpc) is 2.91. The summed E-state index contributed by atoms with van der Waals surface area (Å²) in [5.74, 6) is 0.337. The molecule has 0 radical (unpaired) electrons. The maximum Gasteiger partial charge on any atom is 0.264 e. The fourth-order valence-electron chi connectivity index (χ4n) is 4.64. The monoisotopic (exact) mass is 503 g/mol. The number of Topliss-reactive ketones (excluding diaryl/α,β-unsaturated/α-hetero) is 1. The number of hydrogen-bond donors (Lipinski definition) is 0. The van der Waals surface area contributed by atoms with E-state index >= 15 is 0 Å². The predicted molar refractivity (Wildman–Crippen MR) is 141 cm³/mol. The van der Waals surface area contributed by atoms with Gasteiger partial charge in [0.25, 0.3) is 10.0 Å². The van der Waals surface area contributed by atoms with Gasteiger partial charge in [-0.25, -0.2) is 8.42 Å². The molecule has 3 aromatic carbocycles. The molecular formula is C28H29N3O4S. The second-order valence-electron chi connectivity index (χ2n) is 9.05. The number of carbonyl (C=O) groups is 1. The summed E-state index contributed by atoms with van der Waals surface area (Å²) in [4.78, 5) is 18.1. The zero-order chi connectivity index (χ0) is 25.3. The van der Waals surface area contributed by atoms with Crippen LogP contribution in [0.15, 0.2) is 89.5 Å². The van der Waals surface area contributed by atoms with Crippen molar-refractivity contribution < 1.29 is 17.9 Å².